The molecule has 1 atom stereocenters. The zero-order valence-corrected chi connectivity index (χ0v) is 11.3. The van der Waals surface area contributed by atoms with Crippen LogP contribution in [0.5, 0.6) is 5.75 Å². The van der Waals surface area contributed by atoms with E-state index in [0.717, 1.165) is 0 Å². The molecule has 0 aliphatic carbocycles. The van der Waals surface area contributed by atoms with Crippen LogP contribution in [0.15, 0.2) is 11.4 Å². The van der Waals surface area contributed by atoms with Crippen molar-refractivity contribution in [2.45, 2.75) is 12.5 Å². The van der Waals surface area contributed by atoms with E-state index in [0.29, 0.717) is 23.8 Å². The van der Waals surface area contributed by atoms with Crippen molar-refractivity contribution in [3.63, 3.8) is 0 Å². The van der Waals surface area contributed by atoms with E-state index in [9.17, 15) is 9.59 Å². The minimum atomic E-state index is -0.938. The zero-order valence-electron chi connectivity index (χ0n) is 10.5. The van der Waals surface area contributed by atoms with Gasteiger partial charge in [0.1, 0.15) is 10.6 Å². The van der Waals surface area contributed by atoms with Crippen LogP contribution in [-0.4, -0.2) is 54.8 Å². The SMILES string of the molecule is COc1ccsc1C(=O)N1CCOCC1CC(=O)O. The van der Waals surface area contributed by atoms with Crippen LogP contribution >= 0.6 is 11.3 Å². The van der Waals surface area contributed by atoms with Crippen LogP contribution in [0.4, 0.5) is 0 Å². The smallest absolute Gasteiger partial charge is 0.305 e. The molecular formula is C12H15NO5S. The maximum atomic E-state index is 12.4. The van der Waals surface area contributed by atoms with E-state index >= 15 is 0 Å². The minimum absolute atomic E-state index is 0.112. The van der Waals surface area contributed by atoms with E-state index in [2.05, 4.69) is 0 Å². The predicted molar refractivity (Wildman–Crippen MR) is 68.8 cm³/mol. The van der Waals surface area contributed by atoms with Crippen molar-refractivity contribution in [1.82, 2.24) is 4.90 Å². The molecule has 1 aliphatic rings. The summed E-state index contributed by atoms with van der Waals surface area (Å²) in [5.74, 6) is -0.608. The van der Waals surface area contributed by atoms with Gasteiger partial charge in [-0.05, 0) is 11.4 Å². The van der Waals surface area contributed by atoms with Crippen molar-refractivity contribution < 1.29 is 24.2 Å². The van der Waals surface area contributed by atoms with Crippen LogP contribution in [0.25, 0.3) is 0 Å². The highest BCUT2D eigenvalue weighted by molar-refractivity contribution is 7.12. The Labute approximate surface area is 114 Å². The van der Waals surface area contributed by atoms with Gasteiger partial charge in [0.15, 0.2) is 0 Å². The molecule has 0 saturated carbocycles. The number of hydrogen-bond donors (Lipinski definition) is 1. The molecular weight excluding hydrogens is 270 g/mol. The number of carboxylic acid groups (broad SMARTS) is 1. The van der Waals surface area contributed by atoms with E-state index in [4.69, 9.17) is 14.6 Å². The summed E-state index contributed by atoms with van der Waals surface area (Å²) >= 11 is 1.29. The average molecular weight is 285 g/mol. The molecule has 104 valence electrons. The molecule has 0 radical (unpaired) electrons. The summed E-state index contributed by atoms with van der Waals surface area (Å²) < 4.78 is 10.4. The number of nitrogens with zero attached hydrogens (tertiary/aromatic N) is 1. The van der Waals surface area contributed by atoms with Gasteiger partial charge in [-0.2, -0.15) is 0 Å². The predicted octanol–water partition coefficient (Wildman–Crippen LogP) is 1.07. The van der Waals surface area contributed by atoms with Gasteiger partial charge >= 0.3 is 5.97 Å². The molecule has 6 nitrogen and oxygen atoms in total. The number of ether oxygens (including phenoxy) is 2. The van der Waals surface area contributed by atoms with E-state index in [1.54, 1.807) is 16.3 Å². The molecule has 7 heteroatoms. The van der Waals surface area contributed by atoms with Gasteiger partial charge in [0.2, 0.25) is 0 Å². The van der Waals surface area contributed by atoms with Crippen molar-refractivity contribution >= 4 is 23.2 Å². The first kappa shape index (κ1) is 13.8. The minimum Gasteiger partial charge on any atom is -0.495 e. The van der Waals surface area contributed by atoms with Crippen LogP contribution in [-0.2, 0) is 9.53 Å². The van der Waals surface area contributed by atoms with E-state index in [-0.39, 0.29) is 18.9 Å². The zero-order chi connectivity index (χ0) is 13.8. The summed E-state index contributed by atoms with van der Waals surface area (Å²) in [6.07, 6.45) is -0.112. The number of aliphatic carboxylic acids is 1. The molecule has 1 fully saturated rings. The van der Waals surface area contributed by atoms with Crippen LogP contribution in [0, 0.1) is 0 Å². The van der Waals surface area contributed by atoms with Gasteiger partial charge in [-0.3, -0.25) is 9.59 Å². The molecule has 1 aliphatic heterocycles. The second kappa shape index (κ2) is 6.03. The van der Waals surface area contributed by atoms with Crippen molar-refractivity contribution in [3.8, 4) is 5.75 Å². The summed E-state index contributed by atoms with van der Waals surface area (Å²) in [5.41, 5.74) is 0. The molecule has 1 N–H and O–H groups in total. The second-order valence-corrected chi connectivity index (χ2v) is 5.06. The summed E-state index contributed by atoms with van der Waals surface area (Å²) in [7, 11) is 1.51. The van der Waals surface area contributed by atoms with Crippen molar-refractivity contribution in [3.05, 3.63) is 16.3 Å². The lowest BCUT2D eigenvalue weighted by molar-refractivity contribution is -0.139. The van der Waals surface area contributed by atoms with Crippen molar-refractivity contribution in [2.75, 3.05) is 26.9 Å². The number of carbonyl (C=O) groups is 2. The number of methoxy groups -OCH3 is 1. The lowest BCUT2D eigenvalue weighted by Crippen LogP contribution is -2.49. The number of thiophene rings is 1. The van der Waals surface area contributed by atoms with Crippen LogP contribution in [0.1, 0.15) is 16.1 Å². The molecule has 0 spiro atoms. The summed E-state index contributed by atoms with van der Waals surface area (Å²) in [6.45, 7) is 1.08. The Bertz CT molecular complexity index is 472. The number of carboxylic acids is 1. The largest absolute Gasteiger partial charge is 0.495 e. The van der Waals surface area contributed by atoms with Crippen molar-refractivity contribution in [1.29, 1.82) is 0 Å². The van der Waals surface area contributed by atoms with Gasteiger partial charge < -0.3 is 19.5 Å². The normalized spacial score (nSPS) is 19.2. The first-order chi connectivity index (χ1) is 9.13. The van der Waals surface area contributed by atoms with E-state index in [1.165, 1.54) is 18.4 Å². The van der Waals surface area contributed by atoms with Crippen LogP contribution in [0.2, 0.25) is 0 Å². The van der Waals surface area contributed by atoms with Gasteiger partial charge in [0, 0.05) is 6.54 Å². The molecule has 1 unspecified atom stereocenters. The number of morpholine rings is 1. The Morgan fingerprint density at radius 1 is 1.63 bits per heavy atom. The number of hydrogen-bond acceptors (Lipinski definition) is 5. The highest BCUT2D eigenvalue weighted by Gasteiger charge is 2.31. The molecule has 19 heavy (non-hydrogen) atoms. The first-order valence-corrected chi connectivity index (χ1v) is 6.73. The third-order valence-corrected chi connectivity index (χ3v) is 3.83. The monoisotopic (exact) mass is 285 g/mol. The summed E-state index contributed by atoms with van der Waals surface area (Å²) in [5, 5.41) is 10.7. The Hall–Kier alpha value is -1.60. The molecule has 0 bridgehead atoms. The lowest BCUT2D eigenvalue weighted by atomic mass is 10.1. The highest BCUT2D eigenvalue weighted by atomic mass is 32.1. The van der Waals surface area contributed by atoms with E-state index in [1.807, 2.05) is 0 Å². The molecule has 1 amide bonds. The van der Waals surface area contributed by atoms with Gasteiger partial charge in [-0.1, -0.05) is 0 Å². The topological polar surface area (TPSA) is 76.1 Å². The number of amides is 1. The average Bonchev–Trinajstić information content (AvgIpc) is 2.86. The van der Waals surface area contributed by atoms with Crippen molar-refractivity contribution in [2.24, 2.45) is 0 Å². The second-order valence-electron chi connectivity index (χ2n) is 4.14. The number of rotatable bonds is 4. The Balaban J connectivity index is 2.17. The maximum Gasteiger partial charge on any atom is 0.305 e. The maximum absolute atomic E-state index is 12.4. The third-order valence-electron chi connectivity index (χ3n) is 2.94. The summed E-state index contributed by atoms with van der Waals surface area (Å²) in [4.78, 5) is 25.3. The van der Waals surface area contributed by atoms with Crippen LogP contribution in [0.3, 0.4) is 0 Å². The summed E-state index contributed by atoms with van der Waals surface area (Å²) in [6, 6.07) is 1.30. The quantitative estimate of drug-likeness (QED) is 0.895. The highest BCUT2D eigenvalue weighted by Crippen LogP contribution is 2.27. The fourth-order valence-electron chi connectivity index (χ4n) is 2.04. The number of carbonyl (C=O) groups excluding carboxylic acids is 1. The van der Waals surface area contributed by atoms with Gasteiger partial charge in [-0.25, -0.2) is 0 Å². The van der Waals surface area contributed by atoms with Gasteiger partial charge in [0.25, 0.3) is 5.91 Å². The molecule has 1 aromatic heterocycles. The molecule has 1 saturated heterocycles. The lowest BCUT2D eigenvalue weighted by Gasteiger charge is -2.34. The van der Waals surface area contributed by atoms with Gasteiger partial charge in [0.05, 0.1) is 32.8 Å². The molecule has 2 rings (SSSR count). The third kappa shape index (κ3) is 3.05. The first-order valence-electron chi connectivity index (χ1n) is 5.85. The molecule has 0 aromatic carbocycles. The Morgan fingerprint density at radius 3 is 3.11 bits per heavy atom. The molecule has 1 aromatic rings. The fourth-order valence-corrected chi connectivity index (χ4v) is 2.85. The van der Waals surface area contributed by atoms with Gasteiger partial charge in [-0.15, -0.1) is 11.3 Å². The standard InChI is InChI=1S/C12H15NO5S/c1-17-9-2-5-19-11(9)12(16)13-3-4-18-7-8(13)6-10(14)15/h2,5,8H,3-4,6-7H2,1H3,(H,14,15). The Morgan fingerprint density at radius 2 is 2.42 bits per heavy atom. The Kier molecular flexibility index (Phi) is 4.39. The van der Waals surface area contributed by atoms with Crippen LogP contribution < -0.4 is 4.74 Å². The molecule has 2 heterocycles. The fraction of sp³-hybridized carbons (Fsp3) is 0.500. The van der Waals surface area contributed by atoms with E-state index < -0.39 is 12.0 Å².